The summed E-state index contributed by atoms with van der Waals surface area (Å²) in [5, 5.41) is 4.17. The molecule has 2 aromatic heterocycles. The van der Waals surface area contributed by atoms with Gasteiger partial charge in [-0.3, -0.25) is 9.78 Å². The van der Waals surface area contributed by atoms with Crippen LogP contribution in [0, 0.1) is 0 Å². The Bertz CT molecular complexity index is 653. The fourth-order valence-electron chi connectivity index (χ4n) is 2.45. The molecule has 1 aliphatic carbocycles. The van der Waals surface area contributed by atoms with Crippen molar-refractivity contribution < 1.29 is 4.79 Å². The molecule has 1 amide bonds. The molecule has 3 rings (SSSR count). The molecule has 0 aliphatic heterocycles. The molecule has 0 spiro atoms. The lowest BCUT2D eigenvalue weighted by Crippen LogP contribution is -2.18. The van der Waals surface area contributed by atoms with E-state index in [0.29, 0.717) is 0 Å². The number of carbonyl (C=O) groups is 1. The Labute approximate surface area is 127 Å². The summed E-state index contributed by atoms with van der Waals surface area (Å²) in [5.41, 5.74) is 5.71. The summed E-state index contributed by atoms with van der Waals surface area (Å²) >= 11 is 1.60. The van der Waals surface area contributed by atoms with Crippen LogP contribution in [0.4, 0.5) is 0 Å². The molecule has 0 bridgehead atoms. The number of hydrogen-bond donors (Lipinski definition) is 1. The van der Waals surface area contributed by atoms with Crippen LogP contribution in [0.1, 0.15) is 45.4 Å². The molecule has 1 N–H and O–H groups in total. The standard InChI is InChI=1S/C16H17N3OS/c1-11(12-6-8-17-9-7-12)18-19-16(20)15-10-13-4-2-3-5-14(13)21-15/h6-10H,2-5H2,1H3,(H,19,20). The van der Waals surface area contributed by atoms with Crippen LogP contribution in [-0.2, 0) is 12.8 Å². The lowest BCUT2D eigenvalue weighted by molar-refractivity contribution is 0.0959. The summed E-state index contributed by atoms with van der Waals surface area (Å²) in [7, 11) is 0. The summed E-state index contributed by atoms with van der Waals surface area (Å²) in [6.45, 7) is 1.87. The van der Waals surface area contributed by atoms with Crippen molar-refractivity contribution >= 4 is 23.0 Å². The molecule has 0 fully saturated rings. The van der Waals surface area contributed by atoms with Gasteiger partial charge in [-0.05, 0) is 56.4 Å². The van der Waals surface area contributed by atoms with Gasteiger partial charge in [0, 0.05) is 22.8 Å². The molecule has 108 valence electrons. The number of aromatic nitrogens is 1. The second kappa shape index (κ2) is 6.18. The fourth-order valence-corrected chi connectivity index (χ4v) is 3.59. The van der Waals surface area contributed by atoms with E-state index in [-0.39, 0.29) is 5.91 Å². The van der Waals surface area contributed by atoms with Gasteiger partial charge in [0.2, 0.25) is 0 Å². The molecule has 0 unspecified atom stereocenters. The maximum Gasteiger partial charge on any atom is 0.281 e. The van der Waals surface area contributed by atoms with E-state index in [0.717, 1.165) is 29.0 Å². The van der Waals surface area contributed by atoms with Gasteiger partial charge < -0.3 is 0 Å². The van der Waals surface area contributed by atoms with Gasteiger partial charge in [0.05, 0.1) is 10.6 Å². The van der Waals surface area contributed by atoms with Crippen LogP contribution in [0.15, 0.2) is 35.7 Å². The molecular formula is C16H17N3OS. The van der Waals surface area contributed by atoms with Gasteiger partial charge in [0.25, 0.3) is 5.91 Å². The van der Waals surface area contributed by atoms with E-state index in [9.17, 15) is 4.79 Å². The van der Waals surface area contributed by atoms with Crippen molar-refractivity contribution in [2.24, 2.45) is 5.10 Å². The highest BCUT2D eigenvalue weighted by Gasteiger charge is 2.16. The van der Waals surface area contributed by atoms with Gasteiger partial charge in [-0.1, -0.05) is 0 Å². The topological polar surface area (TPSA) is 54.4 Å². The molecule has 0 saturated heterocycles. The number of pyridine rings is 1. The molecule has 0 radical (unpaired) electrons. The van der Waals surface area contributed by atoms with E-state index in [1.165, 1.54) is 23.3 Å². The zero-order chi connectivity index (χ0) is 14.7. The first-order valence-corrected chi connectivity index (χ1v) is 7.92. The maximum absolute atomic E-state index is 12.2. The first-order valence-electron chi connectivity index (χ1n) is 7.10. The molecule has 2 heterocycles. The predicted octanol–water partition coefficient (Wildman–Crippen LogP) is 3.18. The SMILES string of the molecule is CC(=NNC(=O)c1cc2c(s1)CCCC2)c1ccncc1. The molecule has 0 aromatic carbocycles. The van der Waals surface area contributed by atoms with E-state index in [1.807, 2.05) is 25.1 Å². The summed E-state index contributed by atoms with van der Waals surface area (Å²) < 4.78 is 0. The predicted molar refractivity (Wildman–Crippen MR) is 84.9 cm³/mol. The Kier molecular flexibility index (Phi) is 4.10. The van der Waals surface area contributed by atoms with E-state index in [1.54, 1.807) is 23.7 Å². The number of amides is 1. The number of rotatable bonds is 3. The minimum Gasteiger partial charge on any atom is -0.266 e. The number of fused-ring (bicyclic) bond motifs is 1. The lowest BCUT2D eigenvalue weighted by atomic mass is 9.99. The van der Waals surface area contributed by atoms with Crippen LogP contribution >= 0.6 is 11.3 Å². The van der Waals surface area contributed by atoms with Crippen molar-refractivity contribution in [2.75, 3.05) is 0 Å². The number of nitrogens with zero attached hydrogens (tertiary/aromatic N) is 2. The lowest BCUT2D eigenvalue weighted by Gasteiger charge is -2.08. The number of aryl methyl sites for hydroxylation is 2. The monoisotopic (exact) mass is 299 g/mol. The van der Waals surface area contributed by atoms with Crippen molar-refractivity contribution in [3.63, 3.8) is 0 Å². The van der Waals surface area contributed by atoms with Crippen LogP contribution in [0.2, 0.25) is 0 Å². The molecule has 1 aliphatic rings. The van der Waals surface area contributed by atoms with Crippen molar-refractivity contribution in [2.45, 2.75) is 32.6 Å². The molecule has 0 saturated carbocycles. The zero-order valence-corrected chi connectivity index (χ0v) is 12.7. The van der Waals surface area contributed by atoms with E-state index in [4.69, 9.17) is 0 Å². The molecule has 21 heavy (non-hydrogen) atoms. The van der Waals surface area contributed by atoms with E-state index in [2.05, 4.69) is 15.5 Å². The molecule has 0 atom stereocenters. The molecule has 2 aromatic rings. The summed E-state index contributed by atoms with van der Waals surface area (Å²) in [6, 6.07) is 5.76. The minimum absolute atomic E-state index is 0.122. The summed E-state index contributed by atoms with van der Waals surface area (Å²) in [6.07, 6.45) is 8.08. The van der Waals surface area contributed by atoms with E-state index >= 15 is 0 Å². The van der Waals surface area contributed by atoms with Crippen molar-refractivity contribution in [1.29, 1.82) is 0 Å². The first kappa shape index (κ1) is 13.9. The highest BCUT2D eigenvalue weighted by molar-refractivity contribution is 7.14. The number of carbonyl (C=O) groups excluding carboxylic acids is 1. The average Bonchev–Trinajstić information content (AvgIpc) is 2.97. The number of hydrogen-bond acceptors (Lipinski definition) is 4. The van der Waals surface area contributed by atoms with Gasteiger partial charge in [-0.15, -0.1) is 11.3 Å². The average molecular weight is 299 g/mol. The van der Waals surface area contributed by atoms with Crippen LogP contribution in [0.25, 0.3) is 0 Å². The third-order valence-electron chi connectivity index (χ3n) is 3.64. The first-order chi connectivity index (χ1) is 10.2. The van der Waals surface area contributed by atoms with Crippen LogP contribution in [0.3, 0.4) is 0 Å². The second-order valence-corrected chi connectivity index (χ2v) is 6.28. The quantitative estimate of drug-likeness (QED) is 0.699. The van der Waals surface area contributed by atoms with Gasteiger partial charge in [-0.2, -0.15) is 5.10 Å². The Balaban J connectivity index is 1.70. The Morgan fingerprint density at radius 1 is 1.29 bits per heavy atom. The summed E-state index contributed by atoms with van der Waals surface area (Å²) in [4.78, 5) is 18.3. The molecule has 5 heteroatoms. The highest BCUT2D eigenvalue weighted by atomic mass is 32.1. The van der Waals surface area contributed by atoms with Crippen LogP contribution in [-0.4, -0.2) is 16.6 Å². The Morgan fingerprint density at radius 2 is 2.05 bits per heavy atom. The van der Waals surface area contributed by atoms with Gasteiger partial charge >= 0.3 is 0 Å². The molecule has 4 nitrogen and oxygen atoms in total. The highest BCUT2D eigenvalue weighted by Crippen LogP contribution is 2.29. The fraction of sp³-hybridized carbons (Fsp3) is 0.312. The summed E-state index contributed by atoms with van der Waals surface area (Å²) in [5.74, 6) is -0.122. The maximum atomic E-state index is 12.2. The third kappa shape index (κ3) is 3.19. The largest absolute Gasteiger partial charge is 0.281 e. The van der Waals surface area contributed by atoms with Crippen LogP contribution < -0.4 is 5.43 Å². The van der Waals surface area contributed by atoms with Gasteiger partial charge in [-0.25, -0.2) is 5.43 Å². The second-order valence-electron chi connectivity index (χ2n) is 5.14. The third-order valence-corrected chi connectivity index (χ3v) is 4.88. The Morgan fingerprint density at radius 3 is 2.81 bits per heavy atom. The van der Waals surface area contributed by atoms with Gasteiger partial charge in [0.1, 0.15) is 0 Å². The minimum atomic E-state index is -0.122. The smallest absolute Gasteiger partial charge is 0.266 e. The van der Waals surface area contributed by atoms with Crippen molar-refractivity contribution in [3.8, 4) is 0 Å². The van der Waals surface area contributed by atoms with Gasteiger partial charge in [0.15, 0.2) is 0 Å². The number of thiophene rings is 1. The van der Waals surface area contributed by atoms with E-state index < -0.39 is 0 Å². The number of nitrogens with one attached hydrogen (secondary N) is 1. The number of hydrazone groups is 1. The Hall–Kier alpha value is -2.01. The van der Waals surface area contributed by atoms with Crippen LogP contribution in [0.5, 0.6) is 0 Å². The van der Waals surface area contributed by atoms with Crippen molar-refractivity contribution in [1.82, 2.24) is 10.4 Å². The van der Waals surface area contributed by atoms with Crippen molar-refractivity contribution in [3.05, 3.63) is 51.5 Å². The molecular weight excluding hydrogens is 282 g/mol. The zero-order valence-electron chi connectivity index (χ0n) is 11.9. The normalized spacial score (nSPS) is 14.6.